The Morgan fingerprint density at radius 2 is 2.32 bits per heavy atom. The fraction of sp³-hybridized carbons (Fsp3) is 0.643. The van der Waals surface area contributed by atoms with Crippen LogP contribution in [-0.4, -0.2) is 32.7 Å². The molecule has 0 aromatic carbocycles. The number of allylic oxidation sites excluding steroid dienone is 1. The van der Waals surface area contributed by atoms with Crippen LogP contribution in [0.25, 0.3) is 0 Å². The van der Waals surface area contributed by atoms with Crippen molar-refractivity contribution in [2.75, 3.05) is 32.6 Å². The predicted molar refractivity (Wildman–Crippen MR) is 81.3 cm³/mol. The van der Waals surface area contributed by atoms with E-state index in [1.165, 1.54) is 30.6 Å². The molecule has 106 valence electrons. The van der Waals surface area contributed by atoms with Gasteiger partial charge in [0.2, 0.25) is 5.88 Å². The SMILES string of the molecule is COc1nc(N(C)C)sc1CNCCC1=CCCC1. The Bertz CT molecular complexity index is 440. The summed E-state index contributed by atoms with van der Waals surface area (Å²) < 4.78 is 5.33. The summed E-state index contributed by atoms with van der Waals surface area (Å²) in [6, 6.07) is 0. The van der Waals surface area contributed by atoms with Crippen molar-refractivity contribution in [1.82, 2.24) is 10.3 Å². The smallest absolute Gasteiger partial charge is 0.230 e. The molecule has 0 atom stereocenters. The molecule has 0 saturated heterocycles. The largest absolute Gasteiger partial charge is 0.480 e. The number of nitrogens with zero attached hydrogens (tertiary/aromatic N) is 2. The van der Waals surface area contributed by atoms with Crippen molar-refractivity contribution in [3.8, 4) is 5.88 Å². The molecule has 2 rings (SSSR count). The van der Waals surface area contributed by atoms with Gasteiger partial charge in [0.1, 0.15) is 0 Å². The Kier molecular flexibility index (Phi) is 5.22. The van der Waals surface area contributed by atoms with E-state index in [1.54, 1.807) is 24.0 Å². The number of aromatic nitrogens is 1. The van der Waals surface area contributed by atoms with Gasteiger partial charge in [-0.2, -0.15) is 4.98 Å². The number of hydrogen-bond donors (Lipinski definition) is 1. The fourth-order valence-electron chi connectivity index (χ4n) is 2.20. The molecule has 0 unspecified atom stereocenters. The van der Waals surface area contributed by atoms with Crippen LogP contribution >= 0.6 is 11.3 Å². The molecule has 1 aromatic rings. The lowest BCUT2D eigenvalue weighted by molar-refractivity contribution is 0.395. The first-order valence-corrected chi connectivity index (χ1v) is 7.62. The third kappa shape index (κ3) is 3.94. The Labute approximate surface area is 119 Å². The van der Waals surface area contributed by atoms with Gasteiger partial charge in [0.15, 0.2) is 5.13 Å². The minimum Gasteiger partial charge on any atom is -0.480 e. The average molecular weight is 281 g/mol. The first-order valence-electron chi connectivity index (χ1n) is 6.80. The zero-order chi connectivity index (χ0) is 13.7. The van der Waals surface area contributed by atoms with Gasteiger partial charge in [-0.05, 0) is 32.2 Å². The van der Waals surface area contributed by atoms with Crippen LogP contribution in [0.1, 0.15) is 30.6 Å². The maximum Gasteiger partial charge on any atom is 0.230 e. The quantitative estimate of drug-likeness (QED) is 0.616. The average Bonchev–Trinajstić information content (AvgIpc) is 3.03. The molecule has 1 aliphatic rings. The van der Waals surface area contributed by atoms with E-state index in [9.17, 15) is 0 Å². The summed E-state index contributed by atoms with van der Waals surface area (Å²) in [6.45, 7) is 1.87. The molecular formula is C14H23N3OS. The third-order valence-corrected chi connectivity index (χ3v) is 4.47. The van der Waals surface area contributed by atoms with Gasteiger partial charge in [-0.15, -0.1) is 0 Å². The number of rotatable bonds is 7. The van der Waals surface area contributed by atoms with Crippen molar-refractivity contribution in [2.45, 2.75) is 32.2 Å². The predicted octanol–water partition coefficient (Wildman–Crippen LogP) is 2.81. The minimum absolute atomic E-state index is 0.751. The highest BCUT2D eigenvalue weighted by atomic mass is 32.1. The highest BCUT2D eigenvalue weighted by molar-refractivity contribution is 7.15. The fourth-order valence-corrected chi connectivity index (χ4v) is 3.13. The van der Waals surface area contributed by atoms with Crippen molar-refractivity contribution in [3.05, 3.63) is 16.5 Å². The number of hydrogen-bond acceptors (Lipinski definition) is 5. The van der Waals surface area contributed by atoms with Gasteiger partial charge in [-0.3, -0.25) is 0 Å². The van der Waals surface area contributed by atoms with Gasteiger partial charge in [0, 0.05) is 20.6 Å². The summed E-state index contributed by atoms with van der Waals surface area (Å²) >= 11 is 1.69. The highest BCUT2D eigenvalue weighted by Gasteiger charge is 2.12. The number of methoxy groups -OCH3 is 1. The summed E-state index contributed by atoms with van der Waals surface area (Å²) in [5, 5.41) is 4.48. The van der Waals surface area contributed by atoms with Crippen LogP contribution in [0.3, 0.4) is 0 Å². The van der Waals surface area contributed by atoms with Crippen LogP contribution in [-0.2, 0) is 6.54 Å². The van der Waals surface area contributed by atoms with Gasteiger partial charge < -0.3 is 15.0 Å². The molecule has 5 heteroatoms. The van der Waals surface area contributed by atoms with Gasteiger partial charge in [-0.25, -0.2) is 0 Å². The van der Waals surface area contributed by atoms with E-state index >= 15 is 0 Å². The molecule has 19 heavy (non-hydrogen) atoms. The summed E-state index contributed by atoms with van der Waals surface area (Å²) in [5.74, 6) is 0.751. The second-order valence-corrected chi connectivity index (χ2v) is 6.07. The van der Waals surface area contributed by atoms with Gasteiger partial charge in [0.25, 0.3) is 0 Å². The molecule has 0 saturated carbocycles. The normalized spacial score (nSPS) is 14.6. The van der Waals surface area contributed by atoms with Crippen LogP contribution in [0.15, 0.2) is 11.6 Å². The van der Waals surface area contributed by atoms with E-state index in [0.717, 1.165) is 24.1 Å². The first-order chi connectivity index (χ1) is 9.20. The number of anilines is 1. The molecule has 0 aliphatic heterocycles. The van der Waals surface area contributed by atoms with Gasteiger partial charge in [0.05, 0.1) is 12.0 Å². The monoisotopic (exact) mass is 281 g/mol. The zero-order valence-corrected chi connectivity index (χ0v) is 12.8. The molecule has 0 radical (unpaired) electrons. The molecule has 0 spiro atoms. The van der Waals surface area contributed by atoms with Crippen LogP contribution in [0.4, 0.5) is 5.13 Å². The summed E-state index contributed by atoms with van der Waals surface area (Å²) in [4.78, 5) is 7.64. The van der Waals surface area contributed by atoms with Crippen LogP contribution in [0, 0.1) is 0 Å². The van der Waals surface area contributed by atoms with E-state index in [-0.39, 0.29) is 0 Å². The molecule has 4 nitrogen and oxygen atoms in total. The lowest BCUT2D eigenvalue weighted by atomic mass is 10.2. The molecule has 0 fully saturated rings. The minimum atomic E-state index is 0.751. The van der Waals surface area contributed by atoms with Crippen LogP contribution in [0.5, 0.6) is 5.88 Å². The molecule has 1 N–H and O–H groups in total. The first kappa shape index (κ1) is 14.3. The maximum absolute atomic E-state index is 5.33. The lowest BCUT2D eigenvalue weighted by Gasteiger charge is -2.05. The number of nitrogens with one attached hydrogen (secondary N) is 1. The number of ether oxygens (including phenoxy) is 1. The van der Waals surface area contributed by atoms with E-state index in [0.29, 0.717) is 0 Å². The topological polar surface area (TPSA) is 37.4 Å². The third-order valence-electron chi connectivity index (χ3n) is 3.27. The zero-order valence-electron chi connectivity index (χ0n) is 12.0. The summed E-state index contributed by atoms with van der Waals surface area (Å²) in [6.07, 6.45) is 7.45. The van der Waals surface area contributed by atoms with Gasteiger partial charge >= 0.3 is 0 Å². The van der Waals surface area contributed by atoms with Crippen molar-refractivity contribution in [3.63, 3.8) is 0 Å². The van der Waals surface area contributed by atoms with Crippen LogP contribution in [0.2, 0.25) is 0 Å². The lowest BCUT2D eigenvalue weighted by Crippen LogP contribution is -2.14. The van der Waals surface area contributed by atoms with E-state index in [2.05, 4.69) is 16.4 Å². The van der Waals surface area contributed by atoms with E-state index < -0.39 is 0 Å². The molecule has 0 amide bonds. The van der Waals surface area contributed by atoms with E-state index in [1.807, 2.05) is 19.0 Å². The molecule has 1 heterocycles. The Hall–Kier alpha value is -1.07. The second kappa shape index (κ2) is 6.91. The number of thiazole rings is 1. The van der Waals surface area contributed by atoms with Crippen molar-refractivity contribution >= 4 is 16.5 Å². The maximum atomic E-state index is 5.33. The summed E-state index contributed by atoms with van der Waals surface area (Å²) in [5.41, 5.74) is 1.61. The van der Waals surface area contributed by atoms with Gasteiger partial charge in [-0.1, -0.05) is 23.0 Å². The molecule has 0 bridgehead atoms. The van der Waals surface area contributed by atoms with Crippen LogP contribution < -0.4 is 15.0 Å². The molecule has 1 aromatic heterocycles. The van der Waals surface area contributed by atoms with Crippen molar-refractivity contribution in [2.24, 2.45) is 0 Å². The highest BCUT2D eigenvalue weighted by Crippen LogP contribution is 2.30. The standard InChI is InChI=1S/C14H23N3OS/c1-17(2)14-16-13(18-3)12(19-14)10-15-9-8-11-6-4-5-7-11/h6,15H,4-5,7-10H2,1-3H3. The Morgan fingerprint density at radius 1 is 1.47 bits per heavy atom. The summed E-state index contributed by atoms with van der Waals surface area (Å²) in [7, 11) is 5.69. The Morgan fingerprint density at radius 3 is 2.95 bits per heavy atom. The molecular weight excluding hydrogens is 258 g/mol. The second-order valence-electron chi connectivity index (χ2n) is 5.00. The van der Waals surface area contributed by atoms with Crippen molar-refractivity contribution < 1.29 is 4.74 Å². The Balaban J connectivity index is 1.81. The van der Waals surface area contributed by atoms with Crippen molar-refractivity contribution in [1.29, 1.82) is 0 Å². The van der Waals surface area contributed by atoms with E-state index in [4.69, 9.17) is 4.74 Å². The molecule has 1 aliphatic carbocycles.